The molecule has 1 unspecified atom stereocenters. The molecule has 0 saturated heterocycles. The fourth-order valence-corrected chi connectivity index (χ4v) is 1.92. The van der Waals surface area contributed by atoms with Crippen molar-refractivity contribution >= 4 is 0 Å². The average Bonchev–Trinajstić information content (AvgIpc) is 2.42. The minimum absolute atomic E-state index is 0.316. The lowest BCUT2D eigenvalue weighted by Gasteiger charge is -2.15. The van der Waals surface area contributed by atoms with Crippen LogP contribution < -0.4 is 5.32 Å². The predicted octanol–water partition coefficient (Wildman–Crippen LogP) is 2.37. The number of aromatic nitrogens is 2. The van der Waals surface area contributed by atoms with Crippen molar-refractivity contribution in [3.63, 3.8) is 0 Å². The van der Waals surface area contributed by atoms with Crippen molar-refractivity contribution in [1.29, 1.82) is 0 Å². The first-order chi connectivity index (χ1) is 8.40. The van der Waals surface area contributed by atoms with Gasteiger partial charge in [0.15, 0.2) is 0 Å². The molecule has 2 rings (SSSR count). The maximum absolute atomic E-state index is 4.06. The molecule has 88 valence electrons. The first-order valence-electron chi connectivity index (χ1n) is 5.86. The van der Waals surface area contributed by atoms with Gasteiger partial charge in [-0.2, -0.15) is 0 Å². The molecule has 1 atom stereocenters. The highest BCUT2D eigenvalue weighted by molar-refractivity contribution is 5.16. The van der Waals surface area contributed by atoms with E-state index in [1.165, 1.54) is 5.56 Å². The normalized spacial score (nSPS) is 12.3. The van der Waals surface area contributed by atoms with Crippen molar-refractivity contribution in [3.05, 3.63) is 60.2 Å². The molecule has 0 aliphatic heterocycles. The maximum atomic E-state index is 4.06. The Kier molecular flexibility index (Phi) is 4.22. The molecule has 0 radical (unpaired) electrons. The van der Waals surface area contributed by atoms with Crippen LogP contribution in [-0.2, 0) is 6.42 Å². The standard InChI is InChI=1S/C14H17N3/c1-15-14(13-9-16-11-17-10-13)8-7-12-5-3-2-4-6-12/h2-6,9-11,14-15H,7-8H2,1H3. The summed E-state index contributed by atoms with van der Waals surface area (Å²) >= 11 is 0. The number of hydrogen-bond donors (Lipinski definition) is 1. The third kappa shape index (κ3) is 3.36. The van der Waals surface area contributed by atoms with Crippen LogP contribution in [0.4, 0.5) is 0 Å². The molecule has 17 heavy (non-hydrogen) atoms. The van der Waals surface area contributed by atoms with Gasteiger partial charge in [-0.15, -0.1) is 0 Å². The highest BCUT2D eigenvalue weighted by atomic mass is 14.9. The summed E-state index contributed by atoms with van der Waals surface area (Å²) < 4.78 is 0. The van der Waals surface area contributed by atoms with Gasteiger partial charge >= 0.3 is 0 Å². The molecule has 2 aromatic rings. The summed E-state index contributed by atoms with van der Waals surface area (Å²) in [5.74, 6) is 0. The largest absolute Gasteiger partial charge is 0.313 e. The zero-order chi connectivity index (χ0) is 11.9. The van der Waals surface area contributed by atoms with Gasteiger partial charge in [-0.05, 0) is 25.5 Å². The van der Waals surface area contributed by atoms with Gasteiger partial charge in [0.1, 0.15) is 6.33 Å². The lowest BCUT2D eigenvalue weighted by Crippen LogP contribution is -2.17. The lowest BCUT2D eigenvalue weighted by molar-refractivity contribution is 0.545. The van der Waals surface area contributed by atoms with Crippen molar-refractivity contribution < 1.29 is 0 Å². The Morgan fingerprint density at radius 3 is 2.47 bits per heavy atom. The second kappa shape index (κ2) is 6.11. The Balaban J connectivity index is 1.97. The van der Waals surface area contributed by atoms with Gasteiger partial charge in [0, 0.05) is 24.0 Å². The van der Waals surface area contributed by atoms with E-state index in [0.29, 0.717) is 6.04 Å². The first kappa shape index (κ1) is 11.7. The highest BCUT2D eigenvalue weighted by Crippen LogP contribution is 2.17. The third-order valence-electron chi connectivity index (χ3n) is 2.90. The van der Waals surface area contributed by atoms with Crippen molar-refractivity contribution in [2.24, 2.45) is 0 Å². The maximum Gasteiger partial charge on any atom is 0.115 e. The molecule has 1 aromatic heterocycles. The summed E-state index contributed by atoms with van der Waals surface area (Å²) in [6.45, 7) is 0. The SMILES string of the molecule is CNC(CCc1ccccc1)c1cncnc1. The summed E-state index contributed by atoms with van der Waals surface area (Å²) in [4.78, 5) is 8.11. The Labute approximate surface area is 102 Å². The minimum atomic E-state index is 0.316. The van der Waals surface area contributed by atoms with Crippen molar-refractivity contribution in [1.82, 2.24) is 15.3 Å². The van der Waals surface area contributed by atoms with Gasteiger partial charge in [0.05, 0.1) is 0 Å². The van der Waals surface area contributed by atoms with E-state index in [9.17, 15) is 0 Å². The van der Waals surface area contributed by atoms with E-state index < -0.39 is 0 Å². The van der Waals surface area contributed by atoms with Crippen LogP contribution in [0.25, 0.3) is 0 Å². The molecule has 0 fully saturated rings. The van der Waals surface area contributed by atoms with Crippen molar-refractivity contribution in [2.45, 2.75) is 18.9 Å². The number of nitrogens with one attached hydrogen (secondary N) is 1. The molecule has 0 amide bonds. The van der Waals surface area contributed by atoms with E-state index in [4.69, 9.17) is 0 Å². The summed E-state index contributed by atoms with van der Waals surface area (Å²) in [6, 6.07) is 10.8. The zero-order valence-electron chi connectivity index (χ0n) is 10.0. The number of nitrogens with zero attached hydrogens (tertiary/aromatic N) is 2. The van der Waals surface area contributed by atoms with Crippen LogP contribution in [0.3, 0.4) is 0 Å². The smallest absolute Gasteiger partial charge is 0.115 e. The topological polar surface area (TPSA) is 37.8 Å². The average molecular weight is 227 g/mol. The minimum Gasteiger partial charge on any atom is -0.313 e. The number of hydrogen-bond acceptors (Lipinski definition) is 3. The van der Waals surface area contributed by atoms with E-state index in [1.807, 2.05) is 25.5 Å². The summed E-state index contributed by atoms with van der Waals surface area (Å²) in [6.07, 6.45) is 7.42. The lowest BCUT2D eigenvalue weighted by atomic mass is 10.0. The monoisotopic (exact) mass is 227 g/mol. The molecule has 1 aromatic carbocycles. The summed E-state index contributed by atoms with van der Waals surface area (Å²) in [7, 11) is 1.97. The summed E-state index contributed by atoms with van der Waals surface area (Å²) in [5, 5.41) is 3.31. The fraction of sp³-hybridized carbons (Fsp3) is 0.286. The molecule has 3 nitrogen and oxygen atoms in total. The van der Waals surface area contributed by atoms with Crippen molar-refractivity contribution in [3.8, 4) is 0 Å². The molecular formula is C14H17N3. The van der Waals surface area contributed by atoms with E-state index in [2.05, 4.69) is 39.6 Å². The van der Waals surface area contributed by atoms with Crippen molar-refractivity contribution in [2.75, 3.05) is 7.05 Å². The van der Waals surface area contributed by atoms with Gasteiger partial charge in [-0.3, -0.25) is 0 Å². The molecule has 0 aliphatic carbocycles. The number of rotatable bonds is 5. The quantitative estimate of drug-likeness (QED) is 0.852. The second-order valence-electron chi connectivity index (χ2n) is 4.04. The summed E-state index contributed by atoms with van der Waals surface area (Å²) in [5.41, 5.74) is 2.51. The Morgan fingerprint density at radius 2 is 1.82 bits per heavy atom. The third-order valence-corrected chi connectivity index (χ3v) is 2.90. The molecule has 0 bridgehead atoms. The van der Waals surface area contributed by atoms with Crippen LogP contribution in [0.15, 0.2) is 49.1 Å². The van der Waals surface area contributed by atoms with Crippen LogP contribution in [0.5, 0.6) is 0 Å². The molecule has 0 spiro atoms. The van der Waals surface area contributed by atoms with Gasteiger partial charge in [0.25, 0.3) is 0 Å². The van der Waals surface area contributed by atoms with E-state index in [1.54, 1.807) is 6.33 Å². The van der Waals surface area contributed by atoms with Crippen LogP contribution in [-0.4, -0.2) is 17.0 Å². The van der Waals surface area contributed by atoms with Gasteiger partial charge in [-0.1, -0.05) is 30.3 Å². The Hall–Kier alpha value is -1.74. The number of benzene rings is 1. The van der Waals surface area contributed by atoms with E-state index in [-0.39, 0.29) is 0 Å². The molecule has 1 N–H and O–H groups in total. The molecule has 3 heteroatoms. The second-order valence-corrected chi connectivity index (χ2v) is 4.04. The molecule has 0 saturated carbocycles. The van der Waals surface area contributed by atoms with Crippen LogP contribution in [0.2, 0.25) is 0 Å². The van der Waals surface area contributed by atoms with Crippen LogP contribution >= 0.6 is 0 Å². The molecular weight excluding hydrogens is 210 g/mol. The number of aryl methyl sites for hydroxylation is 1. The Morgan fingerprint density at radius 1 is 1.12 bits per heavy atom. The zero-order valence-corrected chi connectivity index (χ0v) is 10.0. The Bertz CT molecular complexity index is 428. The van der Waals surface area contributed by atoms with Gasteiger partial charge in [-0.25, -0.2) is 9.97 Å². The highest BCUT2D eigenvalue weighted by Gasteiger charge is 2.09. The molecule has 0 aliphatic rings. The predicted molar refractivity (Wildman–Crippen MR) is 68.6 cm³/mol. The first-order valence-corrected chi connectivity index (χ1v) is 5.86. The fourth-order valence-electron chi connectivity index (χ4n) is 1.92. The van der Waals surface area contributed by atoms with Crippen LogP contribution in [0.1, 0.15) is 23.6 Å². The van der Waals surface area contributed by atoms with Gasteiger partial charge < -0.3 is 5.32 Å². The molecule has 1 heterocycles. The van der Waals surface area contributed by atoms with E-state index in [0.717, 1.165) is 18.4 Å². The van der Waals surface area contributed by atoms with E-state index >= 15 is 0 Å². The van der Waals surface area contributed by atoms with Crippen LogP contribution in [0, 0.1) is 0 Å². The van der Waals surface area contributed by atoms with Gasteiger partial charge in [0.2, 0.25) is 0 Å².